The van der Waals surface area contributed by atoms with Gasteiger partial charge in [-0.3, -0.25) is 4.90 Å². The van der Waals surface area contributed by atoms with Crippen molar-refractivity contribution in [3.63, 3.8) is 0 Å². The fourth-order valence-corrected chi connectivity index (χ4v) is 4.33. The van der Waals surface area contributed by atoms with Crippen LogP contribution in [0.3, 0.4) is 0 Å². The van der Waals surface area contributed by atoms with Crippen molar-refractivity contribution < 1.29 is 14.3 Å². The summed E-state index contributed by atoms with van der Waals surface area (Å²) in [6, 6.07) is 23.5. The van der Waals surface area contributed by atoms with E-state index in [1.165, 1.54) is 0 Å². The number of hydrogen-bond donors (Lipinski definition) is 0. The molecule has 5 heteroatoms. The Bertz CT molecular complexity index is 1010. The fourth-order valence-electron chi connectivity index (χ4n) is 3.78. The summed E-state index contributed by atoms with van der Waals surface area (Å²) < 4.78 is 12.1. The monoisotopic (exact) mass is 451 g/mol. The van der Waals surface area contributed by atoms with Gasteiger partial charge in [0.15, 0.2) is 0 Å². The molecule has 148 valence electrons. The number of nitrogens with zero attached hydrogens (tertiary/aromatic N) is 1. The van der Waals surface area contributed by atoms with Gasteiger partial charge in [-0.2, -0.15) is 0 Å². The number of halogens is 1. The molecule has 1 atom stereocenters. The van der Waals surface area contributed by atoms with Crippen LogP contribution in [0, 0.1) is 0 Å². The number of methoxy groups -OCH3 is 1. The molecule has 0 bridgehead atoms. The van der Waals surface area contributed by atoms with Gasteiger partial charge in [0.1, 0.15) is 12.4 Å². The normalized spacial score (nSPS) is 15.5. The number of carbonyl (C=O) groups is 1. The zero-order chi connectivity index (χ0) is 20.2. The van der Waals surface area contributed by atoms with E-state index in [0.717, 1.165) is 45.4 Å². The maximum Gasteiger partial charge on any atom is 0.415 e. The second kappa shape index (κ2) is 8.70. The van der Waals surface area contributed by atoms with Crippen molar-refractivity contribution in [3.8, 4) is 5.75 Å². The van der Waals surface area contributed by atoms with Crippen LogP contribution in [0.25, 0.3) is 0 Å². The predicted octanol–water partition coefficient (Wildman–Crippen LogP) is 6.29. The Hall–Kier alpha value is -2.79. The fraction of sp³-hybridized carbons (Fsp3) is 0.208. The van der Waals surface area contributed by atoms with Crippen molar-refractivity contribution in [3.05, 3.63) is 94.0 Å². The van der Waals surface area contributed by atoms with Gasteiger partial charge in [0, 0.05) is 4.47 Å². The van der Waals surface area contributed by atoms with Gasteiger partial charge < -0.3 is 9.47 Å². The molecule has 4 nitrogen and oxygen atoms in total. The highest BCUT2D eigenvalue weighted by atomic mass is 79.9. The maximum atomic E-state index is 13.2. The molecule has 0 radical (unpaired) electrons. The molecule has 0 N–H and O–H groups in total. The largest absolute Gasteiger partial charge is 0.497 e. The molecule has 0 aliphatic carbocycles. The smallest absolute Gasteiger partial charge is 0.415 e. The molecule has 0 spiro atoms. The lowest BCUT2D eigenvalue weighted by atomic mass is 9.91. The maximum absolute atomic E-state index is 13.2. The molecule has 1 aliphatic rings. The van der Waals surface area contributed by atoms with Crippen LogP contribution in [0.1, 0.15) is 29.2 Å². The second-order valence-electron chi connectivity index (χ2n) is 6.98. The van der Waals surface area contributed by atoms with E-state index in [1.54, 1.807) is 12.0 Å². The summed E-state index contributed by atoms with van der Waals surface area (Å²) in [5.74, 6) is 0.778. The van der Waals surface area contributed by atoms with Crippen LogP contribution >= 0.6 is 15.9 Å². The van der Waals surface area contributed by atoms with Crippen LogP contribution in [-0.2, 0) is 17.8 Å². The average Bonchev–Trinajstić information content (AvgIpc) is 2.77. The third-order valence-electron chi connectivity index (χ3n) is 5.21. The SMILES string of the molecule is COc1cccc(C2CCc3c(Br)cccc3N2C(=O)OCc2ccccc2)c1. The molecule has 1 aliphatic heterocycles. The highest BCUT2D eigenvalue weighted by molar-refractivity contribution is 9.10. The molecule has 0 saturated carbocycles. The number of anilines is 1. The van der Waals surface area contributed by atoms with Crippen LogP contribution < -0.4 is 9.64 Å². The van der Waals surface area contributed by atoms with Gasteiger partial charge in [-0.05, 0) is 53.8 Å². The molecule has 3 aromatic carbocycles. The van der Waals surface area contributed by atoms with Gasteiger partial charge in [-0.15, -0.1) is 0 Å². The van der Waals surface area contributed by atoms with Crippen molar-refractivity contribution in [2.24, 2.45) is 0 Å². The second-order valence-corrected chi connectivity index (χ2v) is 7.83. The lowest BCUT2D eigenvalue weighted by Gasteiger charge is -2.37. The first-order chi connectivity index (χ1) is 14.2. The van der Waals surface area contributed by atoms with Crippen molar-refractivity contribution in [1.29, 1.82) is 0 Å². The summed E-state index contributed by atoms with van der Waals surface area (Å²) in [5.41, 5.74) is 4.01. The van der Waals surface area contributed by atoms with Crippen LogP contribution in [0.4, 0.5) is 10.5 Å². The summed E-state index contributed by atoms with van der Waals surface area (Å²) in [6.07, 6.45) is 1.34. The Kier molecular flexibility index (Phi) is 5.86. The summed E-state index contributed by atoms with van der Waals surface area (Å²) in [6.45, 7) is 0.240. The molecule has 29 heavy (non-hydrogen) atoms. The zero-order valence-corrected chi connectivity index (χ0v) is 17.8. The Balaban J connectivity index is 1.68. The van der Waals surface area contributed by atoms with E-state index >= 15 is 0 Å². The van der Waals surface area contributed by atoms with E-state index in [0.29, 0.717) is 0 Å². The summed E-state index contributed by atoms with van der Waals surface area (Å²) in [7, 11) is 1.65. The molecule has 1 heterocycles. The average molecular weight is 452 g/mol. The van der Waals surface area contributed by atoms with Crippen LogP contribution in [-0.4, -0.2) is 13.2 Å². The lowest BCUT2D eigenvalue weighted by Crippen LogP contribution is -2.39. The first-order valence-corrected chi connectivity index (χ1v) is 10.4. The Morgan fingerprint density at radius 2 is 1.86 bits per heavy atom. The zero-order valence-electron chi connectivity index (χ0n) is 16.2. The molecule has 4 rings (SSSR count). The lowest BCUT2D eigenvalue weighted by molar-refractivity contribution is 0.143. The van der Waals surface area contributed by atoms with E-state index < -0.39 is 0 Å². The van der Waals surface area contributed by atoms with E-state index in [9.17, 15) is 4.79 Å². The van der Waals surface area contributed by atoms with Gasteiger partial charge in [0.25, 0.3) is 0 Å². The predicted molar refractivity (Wildman–Crippen MR) is 117 cm³/mol. The van der Waals surface area contributed by atoms with Crippen LogP contribution in [0.5, 0.6) is 5.75 Å². The van der Waals surface area contributed by atoms with E-state index in [1.807, 2.05) is 72.8 Å². The molecule has 0 aromatic heterocycles. The van der Waals surface area contributed by atoms with Gasteiger partial charge in [-0.25, -0.2) is 4.79 Å². The Morgan fingerprint density at radius 1 is 1.07 bits per heavy atom. The van der Waals surface area contributed by atoms with Gasteiger partial charge in [-0.1, -0.05) is 64.5 Å². The molecular weight excluding hydrogens is 430 g/mol. The summed E-state index contributed by atoms with van der Waals surface area (Å²) in [4.78, 5) is 15.0. The molecule has 1 amide bonds. The molecular formula is C24H22BrNO3. The highest BCUT2D eigenvalue weighted by Gasteiger charge is 2.34. The molecule has 1 unspecified atom stereocenters. The number of amides is 1. The number of rotatable bonds is 4. The number of benzene rings is 3. The van der Waals surface area contributed by atoms with Gasteiger partial charge >= 0.3 is 6.09 Å². The quantitative estimate of drug-likeness (QED) is 0.467. The Morgan fingerprint density at radius 3 is 2.66 bits per heavy atom. The number of ether oxygens (including phenoxy) is 2. The van der Waals surface area contributed by atoms with Crippen molar-refractivity contribution in [2.75, 3.05) is 12.0 Å². The van der Waals surface area contributed by atoms with E-state index in [-0.39, 0.29) is 18.7 Å². The summed E-state index contributed by atoms with van der Waals surface area (Å²) in [5, 5.41) is 0. The number of carbonyl (C=O) groups excluding carboxylic acids is 1. The van der Waals surface area contributed by atoms with Gasteiger partial charge in [0.2, 0.25) is 0 Å². The Labute approximate surface area is 179 Å². The first kappa shape index (κ1) is 19.5. The minimum atomic E-state index is -0.347. The topological polar surface area (TPSA) is 38.8 Å². The molecule has 0 fully saturated rings. The third kappa shape index (κ3) is 4.15. The van der Waals surface area contributed by atoms with Crippen molar-refractivity contribution in [2.45, 2.75) is 25.5 Å². The minimum absolute atomic E-state index is 0.116. The van der Waals surface area contributed by atoms with E-state index in [2.05, 4.69) is 15.9 Å². The summed E-state index contributed by atoms with van der Waals surface area (Å²) >= 11 is 3.63. The first-order valence-electron chi connectivity index (χ1n) is 9.58. The third-order valence-corrected chi connectivity index (χ3v) is 5.96. The van der Waals surface area contributed by atoms with Crippen molar-refractivity contribution in [1.82, 2.24) is 0 Å². The standard InChI is InChI=1S/C24H22BrNO3/c1-28-19-10-5-9-18(15-19)22-14-13-20-21(25)11-6-12-23(20)26(22)24(27)29-16-17-7-3-2-4-8-17/h2-12,15,22H,13-14,16H2,1H3. The van der Waals surface area contributed by atoms with Crippen molar-refractivity contribution >= 4 is 27.7 Å². The van der Waals surface area contributed by atoms with E-state index in [4.69, 9.17) is 9.47 Å². The van der Waals surface area contributed by atoms with Crippen LogP contribution in [0.2, 0.25) is 0 Å². The minimum Gasteiger partial charge on any atom is -0.497 e. The van der Waals surface area contributed by atoms with Gasteiger partial charge in [0.05, 0.1) is 18.8 Å². The number of fused-ring (bicyclic) bond motifs is 1. The highest BCUT2D eigenvalue weighted by Crippen LogP contribution is 2.42. The number of hydrogen-bond acceptors (Lipinski definition) is 3. The van der Waals surface area contributed by atoms with Crippen LogP contribution in [0.15, 0.2) is 77.3 Å². The molecule has 3 aromatic rings. The molecule has 0 saturated heterocycles.